The van der Waals surface area contributed by atoms with E-state index >= 15 is 0 Å². The summed E-state index contributed by atoms with van der Waals surface area (Å²) in [5.41, 5.74) is 3.06. The van der Waals surface area contributed by atoms with Gasteiger partial charge in [0.2, 0.25) is 6.04 Å². The van der Waals surface area contributed by atoms with Crippen LogP contribution in [0.1, 0.15) is 49.3 Å². The first-order chi connectivity index (χ1) is 20.1. The minimum Gasteiger partial charge on any atom is -0.368 e. The zero-order valence-corrected chi connectivity index (χ0v) is 23.5. The average molecular weight is 562 g/mol. The van der Waals surface area contributed by atoms with Crippen molar-refractivity contribution in [2.75, 3.05) is 0 Å². The van der Waals surface area contributed by atoms with Crippen LogP contribution in [0.3, 0.4) is 0 Å². The molecule has 1 aliphatic carbocycles. The highest BCUT2D eigenvalue weighted by Crippen LogP contribution is 2.34. The fraction of sp³-hybridized carbons (Fsp3) is 0.455. The summed E-state index contributed by atoms with van der Waals surface area (Å²) in [7, 11) is 0. The predicted octanol–water partition coefficient (Wildman–Crippen LogP) is 6.09. The van der Waals surface area contributed by atoms with E-state index in [-0.39, 0.29) is 4.92 Å². The Morgan fingerprint density at radius 3 is 1.68 bits per heavy atom. The lowest BCUT2D eigenvalue weighted by molar-refractivity contribution is -0.543. The summed E-state index contributed by atoms with van der Waals surface area (Å²) in [6.07, 6.45) is -0.702. The van der Waals surface area contributed by atoms with Crippen LogP contribution in [0.25, 0.3) is 0 Å². The van der Waals surface area contributed by atoms with Gasteiger partial charge in [0.05, 0.1) is 25.9 Å². The predicted molar refractivity (Wildman–Crippen MR) is 154 cm³/mol. The van der Waals surface area contributed by atoms with Crippen LogP contribution in [0.5, 0.6) is 0 Å². The lowest BCUT2D eigenvalue weighted by atomic mass is 9.92. The molecule has 2 fully saturated rings. The average Bonchev–Trinajstić information content (AvgIpc) is 3.01. The van der Waals surface area contributed by atoms with Crippen molar-refractivity contribution in [2.24, 2.45) is 0 Å². The first-order valence-electron chi connectivity index (χ1n) is 14.5. The molecular formula is C33H39NO7. The van der Waals surface area contributed by atoms with Gasteiger partial charge >= 0.3 is 0 Å². The number of ether oxygens (including phenoxy) is 5. The summed E-state index contributed by atoms with van der Waals surface area (Å²) >= 11 is 0. The Bertz CT molecular complexity index is 1200. The van der Waals surface area contributed by atoms with Crippen molar-refractivity contribution in [1.29, 1.82) is 0 Å². The third-order valence-corrected chi connectivity index (χ3v) is 7.83. The van der Waals surface area contributed by atoms with Gasteiger partial charge in [0.1, 0.15) is 24.4 Å². The van der Waals surface area contributed by atoms with Crippen molar-refractivity contribution in [1.82, 2.24) is 0 Å². The van der Waals surface area contributed by atoms with Crippen LogP contribution in [0.4, 0.5) is 0 Å². The number of nitrogens with zero attached hydrogens (tertiary/aromatic N) is 1. The highest BCUT2D eigenvalue weighted by molar-refractivity contribution is 5.15. The number of hydrogen-bond acceptors (Lipinski definition) is 7. The maximum atomic E-state index is 11.9. The maximum absolute atomic E-state index is 11.9. The molecule has 1 heterocycles. The smallest absolute Gasteiger partial charge is 0.238 e. The first-order valence-corrected chi connectivity index (χ1v) is 14.5. The molecule has 1 aliphatic heterocycles. The summed E-state index contributed by atoms with van der Waals surface area (Å²) in [5.74, 6) is 0. The molecule has 41 heavy (non-hydrogen) atoms. The van der Waals surface area contributed by atoms with Gasteiger partial charge in [-0.25, -0.2) is 0 Å². The van der Waals surface area contributed by atoms with Gasteiger partial charge in [0.25, 0.3) is 0 Å². The van der Waals surface area contributed by atoms with Crippen LogP contribution < -0.4 is 0 Å². The van der Waals surface area contributed by atoms with Crippen LogP contribution >= 0.6 is 0 Å². The number of rotatable bonds is 12. The zero-order valence-electron chi connectivity index (χ0n) is 23.5. The maximum Gasteiger partial charge on any atom is 0.238 e. The lowest BCUT2D eigenvalue weighted by Gasteiger charge is -2.46. The van der Waals surface area contributed by atoms with Crippen molar-refractivity contribution in [3.8, 4) is 0 Å². The van der Waals surface area contributed by atoms with Crippen LogP contribution in [0, 0.1) is 10.1 Å². The molecule has 7 atom stereocenters. The quantitative estimate of drug-likeness (QED) is 0.195. The SMILES string of the molecule is C[C@@H]1O[C@H](O[C@@H]2CCCC[C@@H]2[N+](=O)[O-])[C@@H](OCc2ccccc2)[C@H](OCc2ccccc2)[C@@H]1OCc1ccccc1. The fourth-order valence-corrected chi connectivity index (χ4v) is 5.63. The van der Waals surface area contributed by atoms with E-state index in [0.29, 0.717) is 32.7 Å². The molecule has 218 valence electrons. The van der Waals surface area contributed by atoms with E-state index in [0.717, 1.165) is 29.5 Å². The van der Waals surface area contributed by atoms with Crippen molar-refractivity contribution < 1.29 is 28.6 Å². The van der Waals surface area contributed by atoms with Gasteiger partial charge in [-0.15, -0.1) is 0 Å². The third kappa shape index (κ3) is 7.99. The Hall–Kier alpha value is -3.14. The van der Waals surface area contributed by atoms with E-state index in [1.165, 1.54) is 0 Å². The van der Waals surface area contributed by atoms with E-state index in [9.17, 15) is 10.1 Å². The molecule has 3 aromatic carbocycles. The summed E-state index contributed by atoms with van der Waals surface area (Å²) in [4.78, 5) is 11.7. The molecule has 8 nitrogen and oxygen atoms in total. The molecule has 1 saturated carbocycles. The summed E-state index contributed by atoms with van der Waals surface area (Å²) in [6, 6.07) is 29.0. The molecule has 0 radical (unpaired) electrons. The molecule has 1 saturated heterocycles. The van der Waals surface area contributed by atoms with Gasteiger partial charge in [-0.1, -0.05) is 97.4 Å². The molecule has 0 spiro atoms. The van der Waals surface area contributed by atoms with Gasteiger partial charge < -0.3 is 23.7 Å². The van der Waals surface area contributed by atoms with Crippen LogP contribution in [0.2, 0.25) is 0 Å². The fourth-order valence-electron chi connectivity index (χ4n) is 5.63. The summed E-state index contributed by atoms with van der Waals surface area (Å²) in [5, 5.41) is 11.9. The lowest BCUT2D eigenvalue weighted by Crippen LogP contribution is -2.61. The Kier molecular flexibility index (Phi) is 10.5. The molecule has 0 amide bonds. The van der Waals surface area contributed by atoms with Gasteiger partial charge in [0, 0.05) is 11.3 Å². The van der Waals surface area contributed by atoms with Crippen molar-refractivity contribution in [3.05, 3.63) is 118 Å². The minimum atomic E-state index is -0.850. The molecule has 0 N–H and O–H groups in total. The van der Waals surface area contributed by atoms with Gasteiger partial charge in [0.15, 0.2) is 6.29 Å². The van der Waals surface area contributed by atoms with Crippen molar-refractivity contribution >= 4 is 0 Å². The highest BCUT2D eigenvalue weighted by atomic mass is 16.7. The molecule has 3 aromatic rings. The number of benzene rings is 3. The van der Waals surface area contributed by atoms with E-state index in [4.69, 9.17) is 23.7 Å². The second kappa shape index (κ2) is 14.7. The van der Waals surface area contributed by atoms with Gasteiger partial charge in [-0.05, 0) is 36.5 Å². The van der Waals surface area contributed by atoms with Crippen molar-refractivity contribution in [3.63, 3.8) is 0 Å². The Labute approximate surface area is 241 Å². The number of nitro groups is 1. The van der Waals surface area contributed by atoms with Crippen LogP contribution in [0.15, 0.2) is 91.0 Å². The van der Waals surface area contributed by atoms with Gasteiger partial charge in [-0.3, -0.25) is 10.1 Å². The molecule has 0 aromatic heterocycles. The Balaban J connectivity index is 1.41. The largest absolute Gasteiger partial charge is 0.368 e. The third-order valence-electron chi connectivity index (χ3n) is 7.83. The van der Waals surface area contributed by atoms with E-state index < -0.39 is 42.9 Å². The molecule has 5 rings (SSSR count). The Morgan fingerprint density at radius 2 is 1.17 bits per heavy atom. The summed E-state index contributed by atoms with van der Waals surface area (Å²) in [6.45, 7) is 2.98. The highest BCUT2D eigenvalue weighted by Gasteiger charge is 2.49. The second-order valence-corrected chi connectivity index (χ2v) is 10.8. The van der Waals surface area contributed by atoms with Crippen LogP contribution in [-0.2, 0) is 43.5 Å². The molecule has 8 heteroatoms. The van der Waals surface area contributed by atoms with Crippen molar-refractivity contribution in [2.45, 2.75) is 95.3 Å². The molecule has 0 unspecified atom stereocenters. The normalized spacial score (nSPS) is 28.3. The van der Waals surface area contributed by atoms with E-state index in [1.54, 1.807) is 0 Å². The van der Waals surface area contributed by atoms with E-state index in [2.05, 4.69) is 0 Å². The molecule has 2 aliphatic rings. The Morgan fingerprint density at radius 1 is 0.707 bits per heavy atom. The second-order valence-electron chi connectivity index (χ2n) is 10.8. The number of hydrogen-bond donors (Lipinski definition) is 0. The van der Waals surface area contributed by atoms with Crippen LogP contribution in [-0.4, -0.2) is 47.8 Å². The van der Waals surface area contributed by atoms with Gasteiger partial charge in [-0.2, -0.15) is 0 Å². The van der Waals surface area contributed by atoms with E-state index in [1.807, 2.05) is 97.9 Å². The first kappa shape index (κ1) is 29.4. The molecular weight excluding hydrogens is 522 g/mol. The zero-order chi connectivity index (χ0) is 28.4. The topological polar surface area (TPSA) is 89.3 Å². The molecule has 0 bridgehead atoms. The standard InChI is InChI=1S/C33H39NO7/c1-24-30(37-21-25-13-5-2-6-14-25)31(38-22-26-15-7-3-8-16-26)32(39-23-27-17-9-4-10-18-27)33(40-24)41-29-20-12-11-19-28(29)34(35)36/h2-10,13-18,24,28-33H,11-12,19-23H2,1H3/t24-,28-,29+,30+,31+,32-,33+/m0/s1. The summed E-state index contributed by atoms with van der Waals surface area (Å²) < 4.78 is 32.5. The monoisotopic (exact) mass is 561 g/mol. The minimum absolute atomic E-state index is 0.217.